The first-order valence-electron chi connectivity index (χ1n) is 5.39. The zero-order valence-electron chi connectivity index (χ0n) is 10.2. The van der Waals surface area contributed by atoms with Gasteiger partial charge in [0.1, 0.15) is 11.5 Å². The number of benzene rings is 1. The molecule has 0 aliphatic heterocycles. The molecule has 1 aromatic rings. The SMILES string of the molecule is COc1ccc(NC(=O)C(N)C(C)C)c(O)c1. The molecule has 0 bridgehead atoms. The Morgan fingerprint density at radius 2 is 2.12 bits per heavy atom. The minimum absolute atomic E-state index is 0.0374. The van der Waals surface area contributed by atoms with E-state index < -0.39 is 6.04 Å². The van der Waals surface area contributed by atoms with Crippen molar-refractivity contribution in [3.63, 3.8) is 0 Å². The van der Waals surface area contributed by atoms with Gasteiger partial charge in [0, 0.05) is 6.07 Å². The maximum Gasteiger partial charge on any atom is 0.241 e. The largest absolute Gasteiger partial charge is 0.506 e. The van der Waals surface area contributed by atoms with E-state index in [1.54, 1.807) is 12.1 Å². The lowest BCUT2D eigenvalue weighted by Crippen LogP contribution is -2.39. The number of phenols is 1. The lowest BCUT2D eigenvalue weighted by Gasteiger charge is -2.16. The Hall–Kier alpha value is -1.75. The molecule has 0 saturated carbocycles. The molecule has 1 unspecified atom stereocenters. The quantitative estimate of drug-likeness (QED) is 0.691. The summed E-state index contributed by atoms with van der Waals surface area (Å²) in [5.41, 5.74) is 6.02. The number of carbonyl (C=O) groups excluding carboxylic acids is 1. The molecule has 1 rings (SSSR count). The average Bonchev–Trinajstić information content (AvgIpc) is 2.30. The highest BCUT2D eigenvalue weighted by Gasteiger charge is 2.18. The van der Waals surface area contributed by atoms with E-state index in [0.29, 0.717) is 11.4 Å². The van der Waals surface area contributed by atoms with E-state index in [4.69, 9.17) is 10.5 Å². The minimum Gasteiger partial charge on any atom is -0.506 e. The topological polar surface area (TPSA) is 84.6 Å². The van der Waals surface area contributed by atoms with Gasteiger partial charge in [-0.25, -0.2) is 0 Å². The molecule has 0 aromatic heterocycles. The first-order chi connectivity index (χ1) is 7.95. The van der Waals surface area contributed by atoms with E-state index in [9.17, 15) is 9.90 Å². The van der Waals surface area contributed by atoms with E-state index in [-0.39, 0.29) is 17.6 Å². The van der Waals surface area contributed by atoms with Crippen molar-refractivity contribution in [2.75, 3.05) is 12.4 Å². The van der Waals surface area contributed by atoms with E-state index in [1.807, 2.05) is 13.8 Å². The van der Waals surface area contributed by atoms with Gasteiger partial charge in [-0.05, 0) is 18.1 Å². The van der Waals surface area contributed by atoms with Crippen molar-refractivity contribution < 1.29 is 14.6 Å². The van der Waals surface area contributed by atoms with Gasteiger partial charge in [-0.3, -0.25) is 4.79 Å². The smallest absolute Gasteiger partial charge is 0.241 e. The van der Waals surface area contributed by atoms with Crippen LogP contribution < -0.4 is 15.8 Å². The van der Waals surface area contributed by atoms with Crippen molar-refractivity contribution in [1.82, 2.24) is 0 Å². The maximum absolute atomic E-state index is 11.7. The van der Waals surface area contributed by atoms with E-state index in [0.717, 1.165) is 0 Å². The van der Waals surface area contributed by atoms with Crippen LogP contribution in [0.25, 0.3) is 0 Å². The molecule has 17 heavy (non-hydrogen) atoms. The number of ether oxygens (including phenoxy) is 1. The van der Waals surface area contributed by atoms with Crippen molar-refractivity contribution in [2.24, 2.45) is 11.7 Å². The van der Waals surface area contributed by atoms with Crippen LogP contribution in [0.4, 0.5) is 5.69 Å². The van der Waals surface area contributed by atoms with E-state index >= 15 is 0 Å². The molecule has 0 radical (unpaired) electrons. The molecule has 0 aliphatic rings. The van der Waals surface area contributed by atoms with Gasteiger partial charge in [0.05, 0.1) is 18.8 Å². The van der Waals surface area contributed by atoms with Gasteiger partial charge in [-0.1, -0.05) is 13.8 Å². The molecule has 4 N–H and O–H groups in total. The summed E-state index contributed by atoms with van der Waals surface area (Å²) in [5, 5.41) is 12.2. The molecule has 0 spiro atoms. The highest BCUT2D eigenvalue weighted by atomic mass is 16.5. The van der Waals surface area contributed by atoms with Crippen molar-refractivity contribution in [3.05, 3.63) is 18.2 Å². The van der Waals surface area contributed by atoms with Gasteiger partial charge in [-0.15, -0.1) is 0 Å². The Bertz CT molecular complexity index is 405. The van der Waals surface area contributed by atoms with Crippen LogP contribution in [0.15, 0.2) is 18.2 Å². The van der Waals surface area contributed by atoms with Gasteiger partial charge < -0.3 is 20.9 Å². The lowest BCUT2D eigenvalue weighted by molar-refractivity contribution is -0.118. The number of amides is 1. The van der Waals surface area contributed by atoms with Crippen LogP contribution in [0.3, 0.4) is 0 Å². The van der Waals surface area contributed by atoms with E-state index in [2.05, 4.69) is 5.32 Å². The second-order valence-electron chi connectivity index (χ2n) is 4.14. The number of hydrogen-bond acceptors (Lipinski definition) is 4. The fraction of sp³-hybridized carbons (Fsp3) is 0.417. The molecular formula is C12H18N2O3. The summed E-state index contributed by atoms with van der Waals surface area (Å²) < 4.78 is 4.94. The number of rotatable bonds is 4. The van der Waals surface area contributed by atoms with Crippen molar-refractivity contribution >= 4 is 11.6 Å². The molecule has 0 fully saturated rings. The Balaban J connectivity index is 2.78. The van der Waals surface area contributed by atoms with E-state index in [1.165, 1.54) is 13.2 Å². The van der Waals surface area contributed by atoms with Gasteiger partial charge in [0.2, 0.25) is 5.91 Å². The predicted molar refractivity (Wildman–Crippen MR) is 66.1 cm³/mol. The van der Waals surface area contributed by atoms with Crippen LogP contribution in [0.2, 0.25) is 0 Å². The normalized spacial score (nSPS) is 12.3. The first-order valence-corrected chi connectivity index (χ1v) is 5.39. The summed E-state index contributed by atoms with van der Waals surface area (Å²) in [6.07, 6.45) is 0. The molecule has 0 heterocycles. The molecule has 0 saturated heterocycles. The number of nitrogens with one attached hydrogen (secondary N) is 1. The summed E-state index contributed by atoms with van der Waals surface area (Å²) >= 11 is 0. The molecule has 94 valence electrons. The van der Waals surface area contributed by atoms with Crippen LogP contribution in [0, 0.1) is 5.92 Å². The summed E-state index contributed by atoms with van der Waals surface area (Å²) in [5.74, 6) is 0.193. The first kappa shape index (κ1) is 13.3. The number of nitrogens with two attached hydrogens (primary N) is 1. The van der Waals surface area contributed by atoms with Crippen LogP contribution in [-0.2, 0) is 4.79 Å². The third-order valence-corrected chi connectivity index (χ3v) is 2.48. The van der Waals surface area contributed by atoms with Gasteiger partial charge >= 0.3 is 0 Å². The predicted octanol–water partition coefficient (Wildman–Crippen LogP) is 1.32. The summed E-state index contributed by atoms with van der Waals surface area (Å²) in [4.78, 5) is 11.7. The maximum atomic E-state index is 11.7. The standard InChI is InChI=1S/C12H18N2O3/c1-7(2)11(13)12(16)14-9-5-4-8(17-3)6-10(9)15/h4-7,11,15H,13H2,1-3H3,(H,14,16). The molecule has 1 aromatic carbocycles. The number of anilines is 1. The van der Waals surface area contributed by atoms with Crippen molar-refractivity contribution in [3.8, 4) is 11.5 Å². The number of carbonyl (C=O) groups is 1. The fourth-order valence-corrected chi connectivity index (χ4v) is 1.26. The Morgan fingerprint density at radius 1 is 1.47 bits per heavy atom. The zero-order valence-corrected chi connectivity index (χ0v) is 10.2. The average molecular weight is 238 g/mol. The third-order valence-electron chi connectivity index (χ3n) is 2.48. The second-order valence-corrected chi connectivity index (χ2v) is 4.14. The van der Waals surface area contributed by atoms with Crippen LogP contribution in [0.1, 0.15) is 13.8 Å². The molecule has 0 aliphatic carbocycles. The van der Waals surface area contributed by atoms with Crippen LogP contribution >= 0.6 is 0 Å². The molecule has 1 atom stereocenters. The number of aromatic hydroxyl groups is 1. The zero-order chi connectivity index (χ0) is 13.0. The number of methoxy groups -OCH3 is 1. The third kappa shape index (κ3) is 3.35. The monoisotopic (exact) mass is 238 g/mol. The van der Waals surface area contributed by atoms with Crippen LogP contribution in [0.5, 0.6) is 11.5 Å². The minimum atomic E-state index is -0.600. The Labute approximate surface area is 101 Å². The summed E-state index contributed by atoms with van der Waals surface area (Å²) in [6, 6.07) is 4.04. The number of hydrogen-bond donors (Lipinski definition) is 3. The summed E-state index contributed by atoms with van der Waals surface area (Å²) in [7, 11) is 1.50. The molecular weight excluding hydrogens is 220 g/mol. The van der Waals surface area contributed by atoms with Crippen molar-refractivity contribution in [1.29, 1.82) is 0 Å². The van der Waals surface area contributed by atoms with Gasteiger partial charge in [-0.2, -0.15) is 0 Å². The van der Waals surface area contributed by atoms with Crippen molar-refractivity contribution in [2.45, 2.75) is 19.9 Å². The number of phenolic OH excluding ortho intramolecular Hbond substituents is 1. The second kappa shape index (κ2) is 5.54. The van der Waals surface area contributed by atoms with Crippen LogP contribution in [-0.4, -0.2) is 24.2 Å². The Kier molecular flexibility index (Phi) is 4.34. The fourth-order valence-electron chi connectivity index (χ4n) is 1.26. The highest BCUT2D eigenvalue weighted by Crippen LogP contribution is 2.27. The van der Waals surface area contributed by atoms with Gasteiger partial charge in [0.25, 0.3) is 0 Å². The molecule has 1 amide bonds. The Morgan fingerprint density at radius 3 is 2.59 bits per heavy atom. The lowest BCUT2D eigenvalue weighted by atomic mass is 10.0. The summed E-state index contributed by atoms with van der Waals surface area (Å²) in [6.45, 7) is 3.72. The molecule has 5 nitrogen and oxygen atoms in total. The van der Waals surface area contributed by atoms with Gasteiger partial charge in [0.15, 0.2) is 0 Å². The highest BCUT2D eigenvalue weighted by molar-refractivity contribution is 5.96. The molecule has 5 heteroatoms.